The van der Waals surface area contributed by atoms with Gasteiger partial charge in [0, 0.05) is 36.5 Å². The van der Waals surface area contributed by atoms with Gasteiger partial charge in [0.2, 0.25) is 5.12 Å². The van der Waals surface area contributed by atoms with Gasteiger partial charge in [0.1, 0.15) is 13.2 Å². The third-order valence-corrected chi connectivity index (χ3v) is 10.2. The van der Waals surface area contributed by atoms with E-state index in [9.17, 15) is 4.79 Å². The molecule has 0 aromatic heterocycles. The van der Waals surface area contributed by atoms with Crippen molar-refractivity contribution in [1.29, 1.82) is 0 Å². The predicted octanol–water partition coefficient (Wildman–Crippen LogP) is 5.98. The van der Waals surface area contributed by atoms with E-state index in [4.69, 9.17) is 14.0 Å². The van der Waals surface area contributed by atoms with Crippen LogP contribution in [0, 0.1) is 0 Å². The number of quaternary nitrogens is 1. The molecule has 0 aromatic carbocycles. The molecular weight excluding hydrogens is 481 g/mol. The van der Waals surface area contributed by atoms with Crippen LogP contribution in [-0.4, -0.2) is 101 Å². The van der Waals surface area contributed by atoms with Crippen molar-refractivity contribution in [1.82, 2.24) is 9.34 Å². The van der Waals surface area contributed by atoms with Gasteiger partial charge < -0.3 is 18.5 Å². The van der Waals surface area contributed by atoms with E-state index in [-0.39, 0.29) is 5.12 Å². The zero-order valence-corrected chi connectivity index (χ0v) is 26.6. The number of rotatable bonds is 20. The van der Waals surface area contributed by atoms with Gasteiger partial charge in [0.25, 0.3) is 0 Å². The summed E-state index contributed by atoms with van der Waals surface area (Å²) in [6.07, 6.45) is -0.445. The first-order valence-corrected chi connectivity index (χ1v) is 15.8. The largest absolute Gasteiger partial charge is 0.351 e. The van der Waals surface area contributed by atoms with Crippen molar-refractivity contribution in [3.63, 3.8) is 0 Å². The summed E-state index contributed by atoms with van der Waals surface area (Å²) in [5.41, 5.74) is 0. The maximum absolute atomic E-state index is 12.6. The number of carbonyl (C=O) groups is 1. The molecule has 0 saturated heterocycles. The Morgan fingerprint density at radius 2 is 1.26 bits per heavy atom. The third kappa shape index (κ3) is 12.5. The first kappa shape index (κ1) is 35.2. The number of ether oxygens (including phenoxy) is 2. The van der Waals surface area contributed by atoms with Crippen LogP contribution in [0.1, 0.15) is 83.1 Å². The molecule has 0 N–H and O–H groups in total. The van der Waals surface area contributed by atoms with Crippen LogP contribution in [0.4, 0.5) is 0 Å². The van der Waals surface area contributed by atoms with E-state index in [1.54, 1.807) is 0 Å². The monoisotopic (exact) mass is 538 g/mol. The minimum Gasteiger partial charge on any atom is -0.351 e. The van der Waals surface area contributed by atoms with Crippen molar-refractivity contribution in [3.05, 3.63) is 0 Å². The maximum Gasteiger partial charge on any atom is 0.243 e. The highest BCUT2D eigenvalue weighted by atomic mass is 32.2. The van der Waals surface area contributed by atoms with Crippen LogP contribution in [0.5, 0.6) is 0 Å². The summed E-state index contributed by atoms with van der Waals surface area (Å²) in [7, 11) is -0.994. The minimum absolute atomic E-state index is 0.237. The fourth-order valence-electron chi connectivity index (χ4n) is 4.35. The molecule has 1 atom stereocenters. The molecule has 1 unspecified atom stereocenters. The normalized spacial score (nSPS) is 14.0. The molecule has 0 heterocycles. The summed E-state index contributed by atoms with van der Waals surface area (Å²) < 4.78 is 24.3. The topological polar surface area (TPSA) is 51.2 Å². The van der Waals surface area contributed by atoms with Gasteiger partial charge in [-0.3, -0.25) is 4.79 Å². The number of thioether (sulfide) groups is 1. The van der Waals surface area contributed by atoms with Crippen LogP contribution in [0.25, 0.3) is 0 Å². The van der Waals surface area contributed by atoms with E-state index in [0.717, 1.165) is 24.1 Å². The summed E-state index contributed by atoms with van der Waals surface area (Å²) in [6, 6.07) is 1.43. The Morgan fingerprint density at radius 3 is 1.63 bits per heavy atom. The minimum atomic E-state index is -0.994. The fourth-order valence-corrected chi connectivity index (χ4v) is 7.47. The number of carbonyl (C=O) groups excluding carboxylic acids is 1. The van der Waals surface area contributed by atoms with E-state index in [1.807, 2.05) is 6.92 Å². The van der Waals surface area contributed by atoms with Gasteiger partial charge in [-0.25, -0.2) is 9.34 Å². The smallest absolute Gasteiger partial charge is 0.243 e. The molecule has 0 bridgehead atoms. The van der Waals surface area contributed by atoms with Crippen molar-refractivity contribution in [2.24, 2.45) is 0 Å². The molecule has 0 spiro atoms. The summed E-state index contributed by atoms with van der Waals surface area (Å²) in [5, 5.41) is 0.237. The lowest BCUT2D eigenvalue weighted by atomic mass is 10.3. The Hall–Kier alpha value is 0.210. The Bertz CT molecular complexity index is 518. The predicted molar refractivity (Wildman–Crippen MR) is 153 cm³/mol. The van der Waals surface area contributed by atoms with Crippen molar-refractivity contribution in [2.75, 3.05) is 51.8 Å². The van der Waals surface area contributed by atoms with Crippen molar-refractivity contribution in [2.45, 2.75) is 114 Å². The highest BCUT2D eigenvalue weighted by Crippen LogP contribution is 2.50. The molecule has 0 rings (SSSR count). The fraction of sp³-hybridized carbons (Fsp3) is 0.962. The molecule has 0 aliphatic heterocycles. The highest BCUT2D eigenvalue weighted by molar-refractivity contribution is 8.13. The first-order chi connectivity index (χ1) is 16.4. The van der Waals surface area contributed by atoms with Crippen LogP contribution < -0.4 is 0 Å². The lowest BCUT2D eigenvalue weighted by Gasteiger charge is -2.45. The second-order valence-electron chi connectivity index (χ2n) is 10.1. The molecule has 7 nitrogen and oxygen atoms in total. The Morgan fingerprint density at radius 1 is 0.800 bits per heavy atom. The molecule has 9 heteroatoms. The lowest BCUT2D eigenvalue weighted by molar-refractivity contribution is -0.915. The van der Waals surface area contributed by atoms with E-state index < -0.39 is 14.7 Å². The van der Waals surface area contributed by atoms with Crippen molar-refractivity contribution >= 4 is 25.3 Å². The number of hydrogen-bond acceptors (Lipinski definition) is 7. The Labute approximate surface area is 223 Å². The zero-order chi connectivity index (χ0) is 27.2. The maximum atomic E-state index is 12.6. The second kappa shape index (κ2) is 18.5. The highest BCUT2D eigenvalue weighted by Gasteiger charge is 2.35. The molecule has 0 aromatic rings. The lowest BCUT2D eigenvalue weighted by Crippen LogP contribution is -2.50. The van der Waals surface area contributed by atoms with Gasteiger partial charge in [-0.2, -0.15) is 0 Å². The van der Waals surface area contributed by atoms with Gasteiger partial charge in [-0.15, -0.1) is 0 Å². The molecule has 0 saturated carbocycles. The average Bonchev–Trinajstić information content (AvgIpc) is 2.77. The molecular formula is C26H57N3O4PS+. The van der Waals surface area contributed by atoms with Crippen LogP contribution in [0.15, 0.2) is 0 Å². The second-order valence-corrected chi connectivity index (χ2v) is 12.9. The first-order valence-electron chi connectivity index (χ1n) is 13.6. The summed E-state index contributed by atoms with van der Waals surface area (Å²) in [5.74, 6) is 0.628. The number of likely N-dealkylation sites (N-methyl/N-ethyl adjacent to an activating group) is 1. The summed E-state index contributed by atoms with van der Waals surface area (Å²) in [4.78, 5) is 12.6. The van der Waals surface area contributed by atoms with Crippen LogP contribution in [0.3, 0.4) is 0 Å². The molecule has 0 radical (unpaired) electrons. The molecule has 210 valence electrons. The Kier molecular flexibility index (Phi) is 18.6. The zero-order valence-electron chi connectivity index (χ0n) is 24.9. The van der Waals surface area contributed by atoms with Gasteiger partial charge >= 0.3 is 0 Å². The van der Waals surface area contributed by atoms with E-state index in [2.05, 4.69) is 85.5 Å². The van der Waals surface area contributed by atoms with E-state index in [1.165, 1.54) is 11.8 Å². The molecule has 0 fully saturated rings. The van der Waals surface area contributed by atoms with Crippen LogP contribution in [0.2, 0.25) is 0 Å². The number of hydrogen-bond donors (Lipinski definition) is 0. The van der Waals surface area contributed by atoms with Gasteiger partial charge in [-0.1, -0.05) is 11.8 Å². The van der Waals surface area contributed by atoms with Crippen molar-refractivity contribution < 1.29 is 23.3 Å². The van der Waals surface area contributed by atoms with Crippen LogP contribution in [-0.2, 0) is 18.8 Å². The Balaban J connectivity index is 5.12. The summed E-state index contributed by atoms with van der Waals surface area (Å²) >= 11 is 1.37. The van der Waals surface area contributed by atoms with Crippen LogP contribution >= 0.6 is 20.2 Å². The molecule has 0 amide bonds. The van der Waals surface area contributed by atoms with E-state index in [0.29, 0.717) is 56.3 Å². The van der Waals surface area contributed by atoms with Gasteiger partial charge in [0.05, 0.1) is 26.2 Å². The summed E-state index contributed by atoms with van der Waals surface area (Å²) in [6.45, 7) is 31.2. The van der Waals surface area contributed by atoms with Gasteiger partial charge in [-0.05, 0) is 83.1 Å². The number of nitrogens with zero attached hydrogens (tertiary/aromatic N) is 3. The quantitative estimate of drug-likeness (QED) is 0.0818. The van der Waals surface area contributed by atoms with E-state index >= 15 is 0 Å². The molecule has 35 heavy (non-hydrogen) atoms. The standard InChI is InChI=1S/C26H57N3O4PS/c1-13-29(14-2,15-3)19-25(30)35-18-17-32-26(31-16-4)20-33-34(27(21(5)6)22(7)8)28(23(9)10)24(11)12/h21-24,26H,13-20H2,1-12H3/q+1. The molecule has 0 aliphatic carbocycles. The van der Waals surface area contributed by atoms with Gasteiger partial charge in [0.15, 0.2) is 14.7 Å². The van der Waals surface area contributed by atoms with Crippen molar-refractivity contribution in [3.8, 4) is 0 Å². The third-order valence-electron chi connectivity index (χ3n) is 6.32. The average molecular weight is 539 g/mol. The SMILES string of the molecule is CCOC(COP(N(C(C)C)C(C)C)N(C(C)C)C(C)C)OCCSC(=O)C[N+](CC)(CC)CC. The molecule has 0 aliphatic rings.